The van der Waals surface area contributed by atoms with Gasteiger partial charge < -0.3 is 15.7 Å². The van der Waals surface area contributed by atoms with Crippen LogP contribution in [0.15, 0.2) is 71.6 Å². The van der Waals surface area contributed by atoms with E-state index in [9.17, 15) is 29.1 Å². The van der Waals surface area contributed by atoms with E-state index in [-0.39, 0.29) is 54.7 Å². The SMILES string of the molecule is CCC(Sc1cccc(NC(=O)c2c(Cl)c(Cl)c(Cl)c(Cl)c2C(=O)O)c1)C(=O)Nc1cccc2c1C(=O)c1ccccc1C2=O. The van der Waals surface area contributed by atoms with Crippen molar-refractivity contribution in [3.05, 3.63) is 120 Å². The number of carboxylic acid groups (broad SMARTS) is 1. The standard InChI is InChI=1S/C32H20Cl4N2O6S/c1-2-20(30(41)38-19-12-6-11-18-21(19)29(40)17-10-4-3-9-16(17)28(18)39)45-15-8-5-7-14(13-15)37-31(42)22-23(32(43)44)25(34)27(36)26(35)24(22)33/h3-13,20H,2H2,1H3,(H,37,42)(H,38,41)(H,43,44). The minimum absolute atomic E-state index is 0.140. The molecule has 1 aliphatic carbocycles. The van der Waals surface area contributed by atoms with Gasteiger partial charge in [-0.05, 0) is 30.7 Å². The molecule has 1 unspecified atom stereocenters. The van der Waals surface area contributed by atoms with E-state index in [1.807, 2.05) is 6.92 Å². The van der Waals surface area contributed by atoms with Crippen LogP contribution in [-0.4, -0.2) is 39.7 Å². The number of hydrogen-bond acceptors (Lipinski definition) is 6. The third-order valence-corrected chi connectivity index (χ3v) is 10.1. The lowest BCUT2D eigenvalue weighted by Gasteiger charge is -2.21. The first-order valence-electron chi connectivity index (χ1n) is 13.2. The Labute approximate surface area is 281 Å². The molecule has 0 bridgehead atoms. The van der Waals surface area contributed by atoms with Gasteiger partial charge in [-0.15, -0.1) is 11.8 Å². The highest BCUT2D eigenvalue weighted by Gasteiger charge is 2.33. The summed E-state index contributed by atoms with van der Waals surface area (Å²) in [5, 5.41) is 13.1. The fourth-order valence-electron chi connectivity index (χ4n) is 4.84. The third kappa shape index (κ3) is 6.19. The zero-order chi connectivity index (χ0) is 32.6. The van der Waals surface area contributed by atoms with E-state index in [1.165, 1.54) is 11.8 Å². The molecule has 0 heterocycles. The Morgan fingerprint density at radius 3 is 2.00 bits per heavy atom. The third-order valence-electron chi connectivity index (χ3n) is 6.95. The second-order valence-corrected chi connectivity index (χ2v) is 12.5. The number of hydrogen-bond donors (Lipinski definition) is 3. The summed E-state index contributed by atoms with van der Waals surface area (Å²) < 4.78 is 0. The summed E-state index contributed by atoms with van der Waals surface area (Å²) in [6.45, 7) is 1.82. The number of rotatable bonds is 8. The van der Waals surface area contributed by atoms with E-state index >= 15 is 0 Å². The molecule has 0 aromatic heterocycles. The summed E-state index contributed by atoms with van der Waals surface area (Å²) in [6.07, 6.45) is 0.400. The summed E-state index contributed by atoms with van der Waals surface area (Å²) in [5.41, 5.74) is 0.387. The molecule has 2 amide bonds. The van der Waals surface area contributed by atoms with Crippen molar-refractivity contribution >= 4 is 98.9 Å². The van der Waals surface area contributed by atoms with Crippen molar-refractivity contribution in [2.24, 2.45) is 0 Å². The number of carboxylic acids is 1. The van der Waals surface area contributed by atoms with Crippen LogP contribution < -0.4 is 10.6 Å². The Balaban J connectivity index is 1.36. The number of fused-ring (bicyclic) bond motifs is 2. The van der Waals surface area contributed by atoms with Gasteiger partial charge >= 0.3 is 5.97 Å². The molecule has 5 rings (SSSR count). The van der Waals surface area contributed by atoms with Crippen molar-refractivity contribution in [2.75, 3.05) is 10.6 Å². The zero-order valence-corrected chi connectivity index (χ0v) is 26.9. The molecule has 45 heavy (non-hydrogen) atoms. The Morgan fingerprint density at radius 2 is 1.36 bits per heavy atom. The predicted octanol–water partition coefficient (Wildman–Crippen LogP) is 8.54. The van der Waals surface area contributed by atoms with Crippen LogP contribution in [0.3, 0.4) is 0 Å². The van der Waals surface area contributed by atoms with Crippen molar-refractivity contribution < 1.29 is 29.1 Å². The highest BCUT2D eigenvalue weighted by molar-refractivity contribution is 8.00. The minimum atomic E-state index is -1.53. The fraction of sp³-hybridized carbons (Fsp3) is 0.0938. The van der Waals surface area contributed by atoms with Gasteiger partial charge in [0, 0.05) is 27.3 Å². The van der Waals surface area contributed by atoms with Crippen molar-refractivity contribution in [1.82, 2.24) is 0 Å². The van der Waals surface area contributed by atoms with Gasteiger partial charge in [-0.1, -0.05) is 95.8 Å². The van der Waals surface area contributed by atoms with Crippen LogP contribution in [-0.2, 0) is 4.79 Å². The Hall–Kier alpha value is -3.86. The van der Waals surface area contributed by atoms with Crippen LogP contribution >= 0.6 is 58.2 Å². The summed E-state index contributed by atoms with van der Waals surface area (Å²) in [6, 6.07) is 17.8. The maximum atomic E-state index is 13.4. The number of anilines is 2. The molecule has 4 aromatic rings. The molecule has 0 spiro atoms. The van der Waals surface area contributed by atoms with E-state index in [0.717, 1.165) is 0 Å². The Morgan fingerprint density at radius 1 is 0.756 bits per heavy atom. The van der Waals surface area contributed by atoms with Gasteiger partial charge in [0.2, 0.25) is 5.91 Å². The molecular formula is C32H20Cl4N2O6S. The molecule has 1 atom stereocenters. The maximum Gasteiger partial charge on any atom is 0.338 e. The lowest BCUT2D eigenvalue weighted by molar-refractivity contribution is -0.115. The highest BCUT2D eigenvalue weighted by Crippen LogP contribution is 2.42. The second-order valence-electron chi connectivity index (χ2n) is 9.73. The Bertz CT molecular complexity index is 1950. The quantitative estimate of drug-likeness (QED) is 0.0840. The van der Waals surface area contributed by atoms with Crippen molar-refractivity contribution in [2.45, 2.75) is 23.5 Å². The molecule has 228 valence electrons. The average Bonchev–Trinajstić information content (AvgIpc) is 3.02. The molecular weight excluding hydrogens is 682 g/mol. The van der Waals surface area contributed by atoms with Crippen LogP contribution in [0.25, 0.3) is 0 Å². The van der Waals surface area contributed by atoms with E-state index < -0.39 is 39.2 Å². The van der Waals surface area contributed by atoms with Gasteiger partial charge in [0.05, 0.1) is 47.7 Å². The normalized spacial score (nSPS) is 12.6. The average molecular weight is 702 g/mol. The monoisotopic (exact) mass is 700 g/mol. The number of nitrogens with one attached hydrogen (secondary N) is 2. The summed E-state index contributed by atoms with van der Waals surface area (Å²) >= 11 is 25.5. The molecule has 0 saturated heterocycles. The smallest absolute Gasteiger partial charge is 0.338 e. The number of thioether (sulfide) groups is 1. The Kier molecular flexibility index (Phi) is 9.57. The number of amides is 2. The molecule has 0 aliphatic heterocycles. The molecule has 8 nitrogen and oxygen atoms in total. The first kappa shape index (κ1) is 32.5. The largest absolute Gasteiger partial charge is 0.478 e. The number of aromatic carboxylic acids is 1. The highest BCUT2D eigenvalue weighted by atomic mass is 35.5. The lowest BCUT2D eigenvalue weighted by Crippen LogP contribution is -2.28. The van der Waals surface area contributed by atoms with Crippen LogP contribution in [0.2, 0.25) is 20.1 Å². The molecule has 0 radical (unpaired) electrons. The topological polar surface area (TPSA) is 130 Å². The molecule has 4 aromatic carbocycles. The summed E-state index contributed by atoms with van der Waals surface area (Å²) in [7, 11) is 0. The van der Waals surface area contributed by atoms with Crippen molar-refractivity contribution in [3.63, 3.8) is 0 Å². The van der Waals surface area contributed by atoms with E-state index in [2.05, 4.69) is 10.6 Å². The lowest BCUT2D eigenvalue weighted by atomic mass is 9.83. The first-order valence-corrected chi connectivity index (χ1v) is 15.6. The molecule has 0 fully saturated rings. The maximum absolute atomic E-state index is 13.4. The second kappa shape index (κ2) is 13.2. The van der Waals surface area contributed by atoms with E-state index in [0.29, 0.717) is 16.9 Å². The number of ketones is 2. The van der Waals surface area contributed by atoms with Gasteiger partial charge in [0.15, 0.2) is 11.6 Å². The molecule has 3 N–H and O–H groups in total. The molecule has 13 heteroatoms. The first-order chi connectivity index (χ1) is 21.4. The van der Waals surface area contributed by atoms with Crippen LogP contribution in [0.1, 0.15) is 65.9 Å². The van der Waals surface area contributed by atoms with E-state index in [4.69, 9.17) is 46.4 Å². The van der Waals surface area contributed by atoms with Gasteiger partial charge in [-0.2, -0.15) is 0 Å². The van der Waals surface area contributed by atoms with E-state index in [1.54, 1.807) is 66.7 Å². The predicted molar refractivity (Wildman–Crippen MR) is 176 cm³/mol. The van der Waals surface area contributed by atoms with Gasteiger partial charge in [0.25, 0.3) is 5.91 Å². The molecule has 1 aliphatic rings. The minimum Gasteiger partial charge on any atom is -0.478 e. The van der Waals surface area contributed by atoms with Gasteiger partial charge in [0.1, 0.15) is 0 Å². The summed E-state index contributed by atoms with van der Waals surface area (Å²) in [5.74, 6) is -3.46. The number of carbonyl (C=O) groups excluding carboxylic acids is 4. The zero-order valence-electron chi connectivity index (χ0n) is 23.0. The van der Waals surface area contributed by atoms with Crippen LogP contribution in [0.5, 0.6) is 0 Å². The van der Waals surface area contributed by atoms with Gasteiger partial charge in [-0.3, -0.25) is 19.2 Å². The fourth-order valence-corrected chi connectivity index (χ4v) is 6.87. The van der Waals surface area contributed by atoms with Gasteiger partial charge in [-0.25, -0.2) is 4.79 Å². The molecule has 0 saturated carbocycles. The number of benzene rings is 4. The van der Waals surface area contributed by atoms with Crippen LogP contribution in [0.4, 0.5) is 11.4 Å². The van der Waals surface area contributed by atoms with Crippen LogP contribution in [0, 0.1) is 0 Å². The van der Waals surface area contributed by atoms with Crippen molar-refractivity contribution in [1.29, 1.82) is 0 Å². The summed E-state index contributed by atoms with van der Waals surface area (Å²) in [4.78, 5) is 65.5. The van der Waals surface area contributed by atoms with Crippen molar-refractivity contribution in [3.8, 4) is 0 Å². The number of carbonyl (C=O) groups is 5. The number of halogens is 4.